The van der Waals surface area contributed by atoms with Crippen LogP contribution in [-0.4, -0.2) is 17.4 Å². The second-order valence-corrected chi connectivity index (χ2v) is 4.94. The van der Waals surface area contributed by atoms with Crippen molar-refractivity contribution < 1.29 is 4.79 Å². The van der Waals surface area contributed by atoms with Gasteiger partial charge in [-0.1, -0.05) is 6.92 Å². The molecule has 1 aromatic rings. The first-order chi connectivity index (χ1) is 8.06. The highest BCUT2D eigenvalue weighted by Crippen LogP contribution is 2.47. The molecule has 1 aliphatic rings. The lowest BCUT2D eigenvalue weighted by atomic mass is 10.0. The van der Waals surface area contributed by atoms with E-state index in [0.717, 1.165) is 18.7 Å². The summed E-state index contributed by atoms with van der Waals surface area (Å²) in [4.78, 5) is 16.1. The van der Waals surface area contributed by atoms with Crippen molar-refractivity contribution in [2.24, 2.45) is 5.41 Å². The zero-order valence-electron chi connectivity index (χ0n) is 10.4. The van der Waals surface area contributed by atoms with Crippen molar-refractivity contribution in [1.29, 1.82) is 0 Å². The van der Waals surface area contributed by atoms with Crippen molar-refractivity contribution in [3.63, 3.8) is 0 Å². The third kappa shape index (κ3) is 2.57. The summed E-state index contributed by atoms with van der Waals surface area (Å²) in [6.07, 6.45) is 5.14. The molecule has 2 rings (SSSR count). The molecule has 4 heteroatoms. The first-order valence-electron chi connectivity index (χ1n) is 6.07. The predicted octanol–water partition coefficient (Wildman–Crippen LogP) is 1.89. The van der Waals surface area contributed by atoms with Crippen molar-refractivity contribution in [3.8, 4) is 0 Å². The van der Waals surface area contributed by atoms with Crippen LogP contribution in [0, 0.1) is 12.3 Å². The lowest BCUT2D eigenvalue weighted by Gasteiger charge is -2.14. The Balaban J connectivity index is 2.02. The van der Waals surface area contributed by atoms with E-state index in [4.69, 9.17) is 5.73 Å². The molecule has 1 aromatic heterocycles. The van der Waals surface area contributed by atoms with E-state index < -0.39 is 0 Å². The summed E-state index contributed by atoms with van der Waals surface area (Å²) in [6, 6.07) is 1.68. The summed E-state index contributed by atoms with van der Waals surface area (Å²) < 4.78 is 0. The van der Waals surface area contributed by atoms with Gasteiger partial charge in [0, 0.05) is 6.54 Å². The normalized spacial score (nSPS) is 16.6. The first-order valence-corrected chi connectivity index (χ1v) is 6.07. The van der Waals surface area contributed by atoms with Gasteiger partial charge in [0.05, 0.1) is 23.1 Å². The van der Waals surface area contributed by atoms with Gasteiger partial charge in [0.25, 0.3) is 5.91 Å². The summed E-state index contributed by atoms with van der Waals surface area (Å²) in [5, 5.41) is 2.99. The monoisotopic (exact) mass is 233 g/mol. The average Bonchev–Trinajstić information content (AvgIpc) is 3.10. The molecule has 0 spiro atoms. The maximum Gasteiger partial charge on any atom is 0.253 e. The Morgan fingerprint density at radius 2 is 2.29 bits per heavy atom. The van der Waals surface area contributed by atoms with E-state index >= 15 is 0 Å². The van der Waals surface area contributed by atoms with Crippen LogP contribution >= 0.6 is 0 Å². The SMILES string of the molecule is CCC1(CNC(=O)c2cc(N)cnc2C)CC1. The van der Waals surface area contributed by atoms with E-state index in [2.05, 4.69) is 17.2 Å². The minimum Gasteiger partial charge on any atom is -0.397 e. The number of nitrogens with zero attached hydrogens (tertiary/aromatic N) is 1. The number of anilines is 1. The highest BCUT2D eigenvalue weighted by Gasteiger charge is 2.40. The highest BCUT2D eigenvalue weighted by atomic mass is 16.1. The summed E-state index contributed by atoms with van der Waals surface area (Å²) in [5.74, 6) is -0.0676. The second-order valence-electron chi connectivity index (χ2n) is 4.94. The number of nitrogens with one attached hydrogen (secondary N) is 1. The summed E-state index contributed by atoms with van der Waals surface area (Å²) in [7, 11) is 0. The van der Waals surface area contributed by atoms with Crippen LogP contribution in [0.25, 0.3) is 0 Å². The fourth-order valence-corrected chi connectivity index (χ4v) is 1.97. The Hall–Kier alpha value is -1.58. The van der Waals surface area contributed by atoms with Crippen molar-refractivity contribution in [2.75, 3.05) is 12.3 Å². The Morgan fingerprint density at radius 1 is 1.59 bits per heavy atom. The van der Waals surface area contributed by atoms with Gasteiger partial charge in [0.1, 0.15) is 0 Å². The summed E-state index contributed by atoms with van der Waals surface area (Å²) in [6.45, 7) is 4.75. The molecule has 17 heavy (non-hydrogen) atoms. The van der Waals surface area contributed by atoms with Gasteiger partial charge >= 0.3 is 0 Å². The van der Waals surface area contributed by atoms with Crippen molar-refractivity contribution in [3.05, 3.63) is 23.5 Å². The molecular weight excluding hydrogens is 214 g/mol. The van der Waals surface area contributed by atoms with Crippen LogP contribution in [-0.2, 0) is 0 Å². The zero-order chi connectivity index (χ0) is 12.5. The van der Waals surface area contributed by atoms with Crippen molar-refractivity contribution in [2.45, 2.75) is 33.1 Å². The van der Waals surface area contributed by atoms with Gasteiger partial charge in [-0.15, -0.1) is 0 Å². The third-order valence-electron chi connectivity index (χ3n) is 3.68. The smallest absolute Gasteiger partial charge is 0.253 e. The molecule has 0 aromatic carbocycles. The van der Waals surface area contributed by atoms with Crippen LogP contribution in [0.5, 0.6) is 0 Å². The molecule has 0 bridgehead atoms. The van der Waals surface area contributed by atoms with Gasteiger partial charge in [-0.3, -0.25) is 9.78 Å². The molecule has 1 aliphatic carbocycles. The number of hydrogen-bond acceptors (Lipinski definition) is 3. The van der Waals surface area contributed by atoms with Crippen LogP contribution in [0.1, 0.15) is 42.2 Å². The molecule has 1 amide bonds. The van der Waals surface area contributed by atoms with Gasteiger partial charge in [-0.25, -0.2) is 0 Å². The van der Waals surface area contributed by atoms with Crippen LogP contribution in [0.2, 0.25) is 0 Å². The fraction of sp³-hybridized carbons (Fsp3) is 0.538. The number of rotatable bonds is 4. The lowest BCUT2D eigenvalue weighted by molar-refractivity contribution is 0.0943. The van der Waals surface area contributed by atoms with Gasteiger partial charge in [0.15, 0.2) is 0 Å². The van der Waals surface area contributed by atoms with Crippen LogP contribution < -0.4 is 11.1 Å². The topological polar surface area (TPSA) is 68.0 Å². The molecule has 4 nitrogen and oxygen atoms in total. The fourth-order valence-electron chi connectivity index (χ4n) is 1.97. The number of carbonyl (C=O) groups is 1. The lowest BCUT2D eigenvalue weighted by Crippen LogP contribution is -2.30. The number of carbonyl (C=O) groups excluding carboxylic acids is 1. The number of aromatic nitrogens is 1. The molecular formula is C13H19N3O. The van der Waals surface area contributed by atoms with Crippen LogP contribution in [0.4, 0.5) is 5.69 Å². The predicted molar refractivity (Wildman–Crippen MR) is 67.7 cm³/mol. The molecule has 0 unspecified atom stereocenters. The molecule has 1 heterocycles. The van der Waals surface area contributed by atoms with E-state index in [0.29, 0.717) is 16.7 Å². The summed E-state index contributed by atoms with van der Waals surface area (Å²) in [5.41, 5.74) is 7.83. The van der Waals surface area contributed by atoms with Gasteiger partial charge in [-0.05, 0) is 37.7 Å². The summed E-state index contributed by atoms with van der Waals surface area (Å²) >= 11 is 0. The number of amides is 1. The van der Waals surface area contributed by atoms with Gasteiger partial charge < -0.3 is 11.1 Å². The average molecular weight is 233 g/mol. The largest absolute Gasteiger partial charge is 0.397 e. The second kappa shape index (κ2) is 4.35. The van der Waals surface area contributed by atoms with Crippen molar-refractivity contribution >= 4 is 11.6 Å². The number of hydrogen-bond donors (Lipinski definition) is 2. The maximum absolute atomic E-state index is 12.0. The standard InChI is InChI=1S/C13H19N3O/c1-3-13(4-5-13)8-16-12(17)11-6-10(14)7-15-9(11)2/h6-7H,3-5,8,14H2,1-2H3,(H,16,17). The van der Waals surface area contributed by atoms with E-state index in [1.54, 1.807) is 12.3 Å². The number of nitrogens with two attached hydrogens (primary N) is 1. The Bertz CT molecular complexity index is 438. The Morgan fingerprint density at radius 3 is 2.88 bits per heavy atom. The zero-order valence-corrected chi connectivity index (χ0v) is 10.4. The first kappa shape index (κ1) is 11.9. The number of nitrogen functional groups attached to an aromatic ring is 1. The molecule has 1 fully saturated rings. The van der Waals surface area contributed by atoms with Gasteiger partial charge in [-0.2, -0.15) is 0 Å². The molecule has 92 valence electrons. The molecule has 0 saturated heterocycles. The van der Waals surface area contributed by atoms with E-state index in [-0.39, 0.29) is 5.91 Å². The van der Waals surface area contributed by atoms with E-state index in [9.17, 15) is 4.79 Å². The third-order valence-corrected chi connectivity index (χ3v) is 3.68. The molecule has 0 aliphatic heterocycles. The molecule has 0 atom stereocenters. The minimum atomic E-state index is -0.0676. The van der Waals surface area contributed by atoms with Crippen LogP contribution in [0.3, 0.4) is 0 Å². The van der Waals surface area contributed by atoms with E-state index in [1.807, 2.05) is 6.92 Å². The Kier molecular flexibility index (Phi) is 3.05. The molecule has 1 saturated carbocycles. The molecule has 3 N–H and O–H groups in total. The van der Waals surface area contributed by atoms with Crippen molar-refractivity contribution in [1.82, 2.24) is 10.3 Å². The van der Waals surface area contributed by atoms with Gasteiger partial charge in [0.2, 0.25) is 0 Å². The highest BCUT2D eigenvalue weighted by molar-refractivity contribution is 5.95. The number of pyridine rings is 1. The maximum atomic E-state index is 12.0. The minimum absolute atomic E-state index is 0.0676. The van der Waals surface area contributed by atoms with E-state index in [1.165, 1.54) is 12.8 Å². The molecule has 0 radical (unpaired) electrons. The quantitative estimate of drug-likeness (QED) is 0.834. The number of aryl methyl sites for hydroxylation is 1. The Labute approximate surface area is 102 Å². The van der Waals surface area contributed by atoms with Crippen LogP contribution in [0.15, 0.2) is 12.3 Å².